The minimum absolute atomic E-state index is 0.156. The molecular formula is C15H18N2O3. The molecule has 1 aliphatic carbocycles. The van der Waals surface area contributed by atoms with E-state index in [1.807, 2.05) is 0 Å². The Morgan fingerprint density at radius 2 is 2.40 bits per heavy atom. The summed E-state index contributed by atoms with van der Waals surface area (Å²) in [6, 6.07) is 3.51. The van der Waals surface area contributed by atoms with E-state index in [9.17, 15) is 4.79 Å². The van der Waals surface area contributed by atoms with Crippen LogP contribution in [0, 0.1) is 11.8 Å². The Labute approximate surface area is 118 Å². The standard InChI is InChI=1S/C15H18N2O3/c1-20-13-6-5-12(9-13)17-15(19)14-7-4-11(10-16-14)3-2-8-18/h4,7,10,12-13,18H,5-6,8-9H2,1H3,(H,17,19). The van der Waals surface area contributed by atoms with Crippen molar-refractivity contribution >= 4 is 5.91 Å². The van der Waals surface area contributed by atoms with Crippen LogP contribution < -0.4 is 5.32 Å². The second-order valence-corrected chi connectivity index (χ2v) is 4.73. The van der Waals surface area contributed by atoms with Gasteiger partial charge in [-0.1, -0.05) is 11.8 Å². The van der Waals surface area contributed by atoms with E-state index < -0.39 is 0 Å². The Morgan fingerprint density at radius 3 is 3.00 bits per heavy atom. The lowest BCUT2D eigenvalue weighted by molar-refractivity contribution is 0.0910. The second kappa shape index (κ2) is 7.04. The van der Waals surface area contributed by atoms with Crippen LogP contribution in [-0.4, -0.2) is 41.9 Å². The molecule has 0 bridgehead atoms. The van der Waals surface area contributed by atoms with Crippen molar-refractivity contribution in [3.63, 3.8) is 0 Å². The summed E-state index contributed by atoms with van der Waals surface area (Å²) >= 11 is 0. The van der Waals surface area contributed by atoms with Crippen LogP contribution >= 0.6 is 0 Å². The van der Waals surface area contributed by atoms with Gasteiger partial charge >= 0.3 is 0 Å². The maximum Gasteiger partial charge on any atom is 0.270 e. The van der Waals surface area contributed by atoms with Gasteiger partial charge in [0.15, 0.2) is 0 Å². The predicted molar refractivity (Wildman–Crippen MR) is 74.1 cm³/mol. The molecule has 2 rings (SSSR count). The van der Waals surface area contributed by atoms with Crippen molar-refractivity contribution in [1.29, 1.82) is 0 Å². The molecule has 0 spiro atoms. The van der Waals surface area contributed by atoms with Crippen molar-refractivity contribution in [3.8, 4) is 11.8 Å². The number of amides is 1. The summed E-state index contributed by atoms with van der Waals surface area (Å²) in [5.41, 5.74) is 1.05. The molecule has 106 valence electrons. The third-order valence-electron chi connectivity index (χ3n) is 3.36. The van der Waals surface area contributed by atoms with Crippen molar-refractivity contribution in [2.45, 2.75) is 31.4 Å². The molecule has 5 nitrogen and oxygen atoms in total. The van der Waals surface area contributed by atoms with Gasteiger partial charge in [-0.15, -0.1) is 0 Å². The smallest absolute Gasteiger partial charge is 0.270 e. The summed E-state index contributed by atoms with van der Waals surface area (Å²) in [6.07, 6.45) is 4.53. The first-order valence-corrected chi connectivity index (χ1v) is 6.62. The normalized spacial score (nSPS) is 21.1. The number of aliphatic hydroxyl groups is 1. The molecular weight excluding hydrogens is 256 g/mol. The van der Waals surface area contributed by atoms with Crippen LogP contribution in [0.4, 0.5) is 0 Å². The first-order valence-electron chi connectivity index (χ1n) is 6.62. The lowest BCUT2D eigenvalue weighted by Gasteiger charge is -2.12. The zero-order valence-electron chi connectivity index (χ0n) is 11.4. The number of aliphatic hydroxyl groups excluding tert-OH is 1. The van der Waals surface area contributed by atoms with Crippen molar-refractivity contribution < 1.29 is 14.6 Å². The molecule has 1 heterocycles. The van der Waals surface area contributed by atoms with E-state index >= 15 is 0 Å². The van der Waals surface area contributed by atoms with Crippen LogP contribution in [0.3, 0.4) is 0 Å². The minimum atomic E-state index is -0.190. The van der Waals surface area contributed by atoms with Crippen molar-refractivity contribution in [1.82, 2.24) is 10.3 Å². The molecule has 2 unspecified atom stereocenters. The van der Waals surface area contributed by atoms with Crippen molar-refractivity contribution in [2.24, 2.45) is 0 Å². The Bertz CT molecular complexity index is 516. The van der Waals surface area contributed by atoms with Gasteiger partial charge in [0, 0.05) is 24.9 Å². The number of rotatable bonds is 3. The number of ether oxygens (including phenoxy) is 1. The zero-order valence-corrected chi connectivity index (χ0v) is 11.4. The lowest BCUT2D eigenvalue weighted by atomic mass is 10.2. The van der Waals surface area contributed by atoms with Gasteiger partial charge in [0.1, 0.15) is 12.3 Å². The molecule has 1 saturated carbocycles. The van der Waals surface area contributed by atoms with Crippen LogP contribution in [-0.2, 0) is 4.74 Å². The van der Waals surface area contributed by atoms with Crippen LogP contribution in [0.5, 0.6) is 0 Å². The molecule has 0 radical (unpaired) electrons. The van der Waals surface area contributed by atoms with Crippen LogP contribution in [0.2, 0.25) is 0 Å². The minimum Gasteiger partial charge on any atom is -0.384 e. The first-order chi connectivity index (χ1) is 9.72. The number of nitrogens with zero attached hydrogens (tertiary/aromatic N) is 1. The number of carbonyl (C=O) groups excluding carboxylic acids is 1. The first kappa shape index (κ1) is 14.5. The fourth-order valence-corrected chi connectivity index (χ4v) is 2.29. The highest BCUT2D eigenvalue weighted by molar-refractivity contribution is 5.92. The monoisotopic (exact) mass is 274 g/mol. The highest BCUT2D eigenvalue weighted by Gasteiger charge is 2.26. The summed E-state index contributed by atoms with van der Waals surface area (Å²) in [4.78, 5) is 16.1. The fourth-order valence-electron chi connectivity index (χ4n) is 2.29. The number of nitrogens with one attached hydrogen (secondary N) is 1. The zero-order chi connectivity index (χ0) is 14.4. The van der Waals surface area contributed by atoms with E-state index in [1.54, 1.807) is 19.2 Å². The molecule has 1 fully saturated rings. The second-order valence-electron chi connectivity index (χ2n) is 4.73. The third kappa shape index (κ3) is 3.80. The van der Waals surface area contributed by atoms with E-state index in [1.165, 1.54) is 6.20 Å². The van der Waals surface area contributed by atoms with E-state index in [2.05, 4.69) is 22.1 Å². The van der Waals surface area contributed by atoms with E-state index in [0.717, 1.165) is 19.3 Å². The number of methoxy groups -OCH3 is 1. The van der Waals surface area contributed by atoms with Gasteiger partial charge < -0.3 is 15.2 Å². The van der Waals surface area contributed by atoms with Gasteiger partial charge in [-0.2, -0.15) is 0 Å². The summed E-state index contributed by atoms with van der Waals surface area (Å²) < 4.78 is 5.28. The average Bonchev–Trinajstić information content (AvgIpc) is 2.93. The Hall–Kier alpha value is -1.90. The van der Waals surface area contributed by atoms with Crippen LogP contribution in [0.1, 0.15) is 35.3 Å². The Morgan fingerprint density at radius 1 is 1.55 bits per heavy atom. The highest BCUT2D eigenvalue weighted by atomic mass is 16.5. The number of pyridine rings is 1. The maximum atomic E-state index is 12.0. The molecule has 1 aromatic heterocycles. The average molecular weight is 274 g/mol. The summed E-state index contributed by atoms with van der Waals surface area (Å²) in [5.74, 6) is 5.10. The number of aromatic nitrogens is 1. The van der Waals surface area contributed by atoms with Crippen LogP contribution in [0.25, 0.3) is 0 Å². The van der Waals surface area contributed by atoms with Gasteiger partial charge in [0.2, 0.25) is 0 Å². The van der Waals surface area contributed by atoms with E-state index in [0.29, 0.717) is 11.3 Å². The lowest BCUT2D eigenvalue weighted by Crippen LogP contribution is -2.33. The summed E-state index contributed by atoms with van der Waals surface area (Å²) in [6.45, 7) is -0.190. The highest BCUT2D eigenvalue weighted by Crippen LogP contribution is 2.21. The van der Waals surface area contributed by atoms with Gasteiger partial charge in [-0.05, 0) is 31.4 Å². The molecule has 1 aromatic rings. The largest absolute Gasteiger partial charge is 0.384 e. The topological polar surface area (TPSA) is 71.5 Å². The Balaban J connectivity index is 1.92. The van der Waals surface area contributed by atoms with Gasteiger partial charge in [-0.3, -0.25) is 4.79 Å². The Kier molecular flexibility index (Phi) is 5.10. The van der Waals surface area contributed by atoms with E-state index in [4.69, 9.17) is 9.84 Å². The molecule has 5 heteroatoms. The van der Waals surface area contributed by atoms with E-state index in [-0.39, 0.29) is 24.7 Å². The predicted octanol–water partition coefficient (Wildman–Crippen LogP) is 0.723. The maximum absolute atomic E-state index is 12.0. The SMILES string of the molecule is COC1CCC(NC(=O)c2ccc(C#CCO)cn2)C1. The molecule has 20 heavy (non-hydrogen) atoms. The molecule has 2 N–H and O–H groups in total. The molecule has 2 atom stereocenters. The van der Waals surface area contributed by atoms with Crippen molar-refractivity contribution in [3.05, 3.63) is 29.6 Å². The van der Waals surface area contributed by atoms with Gasteiger partial charge in [0.05, 0.1) is 6.10 Å². The quantitative estimate of drug-likeness (QED) is 0.797. The van der Waals surface area contributed by atoms with Crippen LogP contribution in [0.15, 0.2) is 18.3 Å². The molecule has 1 aliphatic rings. The molecule has 0 saturated heterocycles. The fraction of sp³-hybridized carbons (Fsp3) is 0.467. The molecule has 0 aromatic carbocycles. The molecule has 0 aliphatic heterocycles. The van der Waals surface area contributed by atoms with Crippen molar-refractivity contribution in [2.75, 3.05) is 13.7 Å². The summed E-state index contributed by atoms with van der Waals surface area (Å²) in [5, 5.41) is 11.6. The number of hydrogen-bond acceptors (Lipinski definition) is 4. The third-order valence-corrected chi connectivity index (χ3v) is 3.36. The van der Waals surface area contributed by atoms with Gasteiger partial charge in [0.25, 0.3) is 5.91 Å². The number of hydrogen-bond donors (Lipinski definition) is 2. The molecule has 1 amide bonds. The summed E-state index contributed by atoms with van der Waals surface area (Å²) in [7, 11) is 1.70. The van der Waals surface area contributed by atoms with Gasteiger partial charge in [-0.25, -0.2) is 4.98 Å². The number of carbonyl (C=O) groups is 1.